The highest BCUT2D eigenvalue weighted by Crippen LogP contribution is 2.19. The normalized spacial score (nSPS) is 16.4. The molecular formula is C6H12BN3OS. The fourth-order valence-corrected chi connectivity index (χ4v) is 1.12. The van der Waals surface area contributed by atoms with Crippen molar-refractivity contribution in [2.45, 2.75) is 24.7 Å². The minimum Gasteiger partial charge on any atom is -0.370 e. The van der Waals surface area contributed by atoms with Crippen LogP contribution in [0.1, 0.15) is 25.6 Å². The lowest BCUT2D eigenvalue weighted by atomic mass is 10.1. The van der Waals surface area contributed by atoms with E-state index in [1.54, 1.807) is 12.4 Å². The van der Waals surface area contributed by atoms with Gasteiger partial charge in [0.2, 0.25) is 0 Å². The van der Waals surface area contributed by atoms with Crippen molar-refractivity contribution >= 4 is 20.5 Å². The number of hydrogen-bond donors (Lipinski definition) is 2. The molecule has 1 unspecified atom stereocenters. The van der Waals surface area contributed by atoms with E-state index in [0.717, 1.165) is 5.82 Å². The third-order valence-corrected chi connectivity index (χ3v) is 1.76. The molecule has 1 aromatic heterocycles. The predicted molar refractivity (Wildman–Crippen MR) is 51.8 cm³/mol. The van der Waals surface area contributed by atoms with Gasteiger partial charge in [-0.25, -0.2) is 0 Å². The van der Waals surface area contributed by atoms with Crippen LogP contribution in [0.4, 0.5) is 0 Å². The lowest BCUT2D eigenvalue weighted by Crippen LogP contribution is -2.28. The molecular weight excluding hydrogens is 173 g/mol. The molecule has 1 atom stereocenters. The Bertz CT molecular complexity index is 268. The number of nitrogens with zero attached hydrogens (tertiary/aromatic N) is 3. The molecule has 0 aliphatic carbocycles. The summed E-state index contributed by atoms with van der Waals surface area (Å²) in [5, 5.41) is 17.2. The maximum Gasteiger partial charge on any atom is 0.184 e. The molecule has 0 aliphatic heterocycles. The maximum atomic E-state index is 9.55. The minimum atomic E-state index is -1.22. The summed E-state index contributed by atoms with van der Waals surface area (Å²) in [6, 6.07) is 0. The van der Waals surface area contributed by atoms with Crippen molar-refractivity contribution in [3.05, 3.63) is 12.2 Å². The topological polar surface area (TPSA) is 50.9 Å². The van der Waals surface area contributed by atoms with Crippen molar-refractivity contribution in [3.63, 3.8) is 0 Å². The smallest absolute Gasteiger partial charge is 0.184 e. The molecule has 0 saturated carbocycles. The lowest BCUT2D eigenvalue weighted by Gasteiger charge is -2.21. The molecule has 1 heterocycles. The summed E-state index contributed by atoms with van der Waals surface area (Å²) in [6.45, 7) is 3.97. The van der Waals surface area contributed by atoms with E-state index in [1.165, 1.54) is 6.33 Å². The van der Waals surface area contributed by atoms with Crippen LogP contribution >= 0.6 is 12.6 Å². The lowest BCUT2D eigenvalue weighted by molar-refractivity contribution is 0.148. The Morgan fingerprint density at radius 3 is 2.67 bits per heavy atom. The quantitative estimate of drug-likeness (QED) is 0.372. The van der Waals surface area contributed by atoms with E-state index in [4.69, 9.17) is 0 Å². The molecule has 0 aromatic carbocycles. The fraction of sp³-hybridized carbons (Fsp3) is 0.667. The Balaban J connectivity index is 3.08. The second-order valence-electron chi connectivity index (χ2n) is 3.18. The first kappa shape index (κ1) is 9.60. The van der Waals surface area contributed by atoms with E-state index in [1.807, 2.05) is 13.8 Å². The molecule has 0 radical (unpaired) electrons. The SMILES string of the molecule is BC(O)(S)n1cnnc1C(C)C. The minimum absolute atomic E-state index is 0.228. The van der Waals surface area contributed by atoms with Crippen LogP contribution in [0.5, 0.6) is 0 Å². The summed E-state index contributed by atoms with van der Waals surface area (Å²) in [4.78, 5) is -1.22. The summed E-state index contributed by atoms with van der Waals surface area (Å²) >= 11 is 4.01. The van der Waals surface area contributed by atoms with Gasteiger partial charge in [-0.05, 0) is 0 Å². The molecule has 0 aliphatic rings. The van der Waals surface area contributed by atoms with E-state index in [2.05, 4.69) is 22.8 Å². The van der Waals surface area contributed by atoms with Gasteiger partial charge in [0.05, 0.1) is 0 Å². The maximum absolute atomic E-state index is 9.55. The van der Waals surface area contributed by atoms with E-state index >= 15 is 0 Å². The van der Waals surface area contributed by atoms with E-state index in [0.29, 0.717) is 0 Å². The standard InChI is InChI=1S/C6H12BN3OS/c1-4(2)5-9-8-3-10(5)6(7,11)12/h3-4,11-12H,7H2,1-2H3. The predicted octanol–water partition coefficient (Wildman–Crippen LogP) is -0.476. The van der Waals surface area contributed by atoms with Crippen LogP contribution in [-0.2, 0) is 4.96 Å². The molecule has 0 saturated heterocycles. The molecule has 0 fully saturated rings. The molecule has 0 amide bonds. The summed E-state index contributed by atoms with van der Waals surface area (Å²) in [5.41, 5.74) is 0. The van der Waals surface area contributed by atoms with Crippen LogP contribution in [0.15, 0.2) is 6.33 Å². The Morgan fingerprint density at radius 1 is 1.75 bits per heavy atom. The van der Waals surface area contributed by atoms with Crippen molar-refractivity contribution in [2.24, 2.45) is 0 Å². The first-order chi connectivity index (χ1) is 5.43. The van der Waals surface area contributed by atoms with Gasteiger partial charge in [0.25, 0.3) is 0 Å². The number of aliphatic hydroxyl groups is 1. The highest BCUT2D eigenvalue weighted by atomic mass is 32.1. The molecule has 6 heteroatoms. The second-order valence-corrected chi connectivity index (χ2v) is 4.03. The molecule has 4 nitrogen and oxygen atoms in total. The number of thiol groups is 1. The highest BCUT2D eigenvalue weighted by Gasteiger charge is 2.21. The number of rotatable bonds is 2. The van der Waals surface area contributed by atoms with Crippen LogP contribution in [0.25, 0.3) is 0 Å². The molecule has 0 bridgehead atoms. The van der Waals surface area contributed by atoms with Crippen LogP contribution < -0.4 is 0 Å². The third-order valence-electron chi connectivity index (χ3n) is 1.55. The molecule has 12 heavy (non-hydrogen) atoms. The molecule has 0 spiro atoms. The Morgan fingerprint density at radius 2 is 2.33 bits per heavy atom. The van der Waals surface area contributed by atoms with E-state index in [9.17, 15) is 5.11 Å². The van der Waals surface area contributed by atoms with Crippen LogP contribution in [0.3, 0.4) is 0 Å². The van der Waals surface area contributed by atoms with Crippen LogP contribution in [0, 0.1) is 0 Å². The highest BCUT2D eigenvalue weighted by molar-refractivity contribution is 7.82. The molecule has 1 aromatic rings. The summed E-state index contributed by atoms with van der Waals surface area (Å²) < 4.78 is 1.54. The van der Waals surface area contributed by atoms with E-state index in [-0.39, 0.29) is 5.92 Å². The molecule has 1 N–H and O–H groups in total. The van der Waals surface area contributed by atoms with Gasteiger partial charge in [-0.15, -0.1) is 22.8 Å². The van der Waals surface area contributed by atoms with Crippen molar-refractivity contribution in [1.82, 2.24) is 14.8 Å². The zero-order valence-corrected chi connectivity index (χ0v) is 8.29. The first-order valence-electron chi connectivity index (χ1n) is 3.78. The van der Waals surface area contributed by atoms with Gasteiger partial charge in [-0.1, -0.05) is 13.8 Å². The van der Waals surface area contributed by atoms with Crippen LogP contribution in [-0.4, -0.2) is 27.7 Å². The number of aromatic nitrogens is 3. The summed E-state index contributed by atoms with van der Waals surface area (Å²) in [6.07, 6.45) is 1.47. The van der Waals surface area contributed by atoms with Crippen molar-refractivity contribution in [3.8, 4) is 0 Å². The first-order valence-corrected chi connectivity index (χ1v) is 4.23. The third kappa shape index (κ3) is 1.81. The van der Waals surface area contributed by atoms with Gasteiger partial charge in [0, 0.05) is 5.92 Å². The second kappa shape index (κ2) is 3.10. The fourth-order valence-electron chi connectivity index (χ4n) is 0.964. The zero-order chi connectivity index (χ0) is 9.35. The van der Waals surface area contributed by atoms with Gasteiger partial charge in [0.15, 0.2) is 7.85 Å². The van der Waals surface area contributed by atoms with E-state index < -0.39 is 4.96 Å². The molecule has 66 valence electrons. The number of hydrogen-bond acceptors (Lipinski definition) is 4. The van der Waals surface area contributed by atoms with Gasteiger partial charge in [0.1, 0.15) is 17.1 Å². The Kier molecular flexibility index (Phi) is 2.48. The van der Waals surface area contributed by atoms with Gasteiger partial charge >= 0.3 is 0 Å². The van der Waals surface area contributed by atoms with Gasteiger partial charge < -0.3 is 5.11 Å². The summed E-state index contributed by atoms with van der Waals surface area (Å²) in [7, 11) is 1.57. The van der Waals surface area contributed by atoms with Crippen molar-refractivity contribution in [2.75, 3.05) is 0 Å². The summed E-state index contributed by atoms with van der Waals surface area (Å²) in [5.74, 6) is 0.959. The van der Waals surface area contributed by atoms with Gasteiger partial charge in [-0.3, -0.25) is 4.57 Å². The average molecular weight is 185 g/mol. The largest absolute Gasteiger partial charge is 0.370 e. The zero-order valence-electron chi connectivity index (χ0n) is 7.39. The van der Waals surface area contributed by atoms with Crippen molar-refractivity contribution in [1.29, 1.82) is 0 Å². The van der Waals surface area contributed by atoms with Gasteiger partial charge in [-0.2, -0.15) is 0 Å². The van der Waals surface area contributed by atoms with Crippen LogP contribution in [0.2, 0.25) is 0 Å². The van der Waals surface area contributed by atoms with Crippen molar-refractivity contribution < 1.29 is 5.11 Å². The Hall–Kier alpha value is -0.485. The Labute approximate surface area is 77.8 Å². The molecule has 1 rings (SSSR count). The average Bonchev–Trinajstić information content (AvgIpc) is 2.30. The monoisotopic (exact) mass is 185 g/mol.